The molecule has 1 N–H and O–H groups in total. The number of nitrogens with zero attached hydrogens (tertiary/aromatic N) is 2. The molecule has 0 fully saturated rings. The van der Waals surface area contributed by atoms with Gasteiger partial charge < -0.3 is 10.1 Å². The smallest absolute Gasteiger partial charge is 0.155 e. The zero-order chi connectivity index (χ0) is 23.2. The van der Waals surface area contributed by atoms with Crippen LogP contribution >= 0.6 is 0 Å². The molecule has 0 atom stereocenters. The van der Waals surface area contributed by atoms with Crippen molar-refractivity contribution in [3.05, 3.63) is 83.5 Å². The number of aliphatic hydroxyl groups is 1. The van der Waals surface area contributed by atoms with Crippen molar-refractivity contribution in [2.45, 2.75) is 40.0 Å². The Morgan fingerprint density at radius 3 is 2.56 bits per heavy atom. The van der Waals surface area contributed by atoms with E-state index in [2.05, 4.69) is 69.3 Å². The average molecular weight is 603 g/mol. The summed E-state index contributed by atoms with van der Waals surface area (Å²) in [7, 11) is 0. The third kappa shape index (κ3) is 4.11. The summed E-state index contributed by atoms with van der Waals surface area (Å²) in [6.45, 7) is 9.15. The molecular formula is C27H25IrN2O2-. The fourth-order valence-electron chi connectivity index (χ4n) is 4.39. The van der Waals surface area contributed by atoms with Gasteiger partial charge in [0, 0.05) is 43.7 Å². The van der Waals surface area contributed by atoms with Crippen LogP contribution < -0.4 is 0 Å². The van der Waals surface area contributed by atoms with Crippen LogP contribution in [0.1, 0.15) is 46.0 Å². The second-order valence-corrected chi connectivity index (χ2v) is 8.39. The van der Waals surface area contributed by atoms with Crippen molar-refractivity contribution < 1.29 is 31.4 Å². The average Bonchev–Trinajstić information content (AvgIpc) is 2.76. The van der Waals surface area contributed by atoms with E-state index in [4.69, 9.17) is 16.4 Å². The van der Waals surface area contributed by atoms with E-state index in [-0.39, 0.29) is 37.3 Å². The van der Waals surface area contributed by atoms with Gasteiger partial charge in [-0.05, 0) is 54.8 Å². The number of rotatable bonds is 1. The van der Waals surface area contributed by atoms with Crippen LogP contribution in [0.5, 0.6) is 0 Å². The monoisotopic (exact) mass is 603 g/mol. The number of hydrogen-bond acceptors (Lipinski definition) is 4. The van der Waals surface area contributed by atoms with Crippen LogP contribution in [0, 0.1) is 13.0 Å². The molecule has 5 heteroatoms. The summed E-state index contributed by atoms with van der Waals surface area (Å²) in [6, 6.07) is 18.0. The second kappa shape index (κ2) is 8.93. The van der Waals surface area contributed by atoms with Gasteiger partial charge >= 0.3 is 0 Å². The summed E-state index contributed by atoms with van der Waals surface area (Å²) in [6.07, 6.45) is 1.89. The Morgan fingerprint density at radius 1 is 1.19 bits per heavy atom. The first-order valence-electron chi connectivity index (χ1n) is 10.7. The molecule has 2 aromatic heterocycles. The molecule has 0 spiro atoms. The van der Waals surface area contributed by atoms with Crippen LogP contribution in [-0.4, -0.2) is 20.9 Å². The van der Waals surface area contributed by atoms with Crippen LogP contribution in [0.4, 0.5) is 0 Å². The normalized spacial score (nSPS) is 14.3. The third-order valence-corrected chi connectivity index (χ3v) is 5.54. The Labute approximate surface area is 203 Å². The molecule has 4 aromatic rings. The van der Waals surface area contributed by atoms with Crippen LogP contribution in [-0.2, 0) is 30.3 Å². The van der Waals surface area contributed by atoms with Gasteiger partial charge in [-0.3, -0.25) is 9.78 Å². The second-order valence-electron chi connectivity index (χ2n) is 8.39. The Balaban J connectivity index is 0.000000297. The largest absolute Gasteiger partial charge is 0.512 e. The number of fused-ring (bicyclic) bond motifs is 4. The molecule has 1 radical (unpaired) electrons. The number of carbonyl (C=O) groups excluding carboxylic acids is 1. The number of aryl methyl sites for hydroxylation is 1. The molecule has 4 nitrogen and oxygen atoms in total. The van der Waals surface area contributed by atoms with Gasteiger partial charge in [0.15, 0.2) is 5.78 Å². The van der Waals surface area contributed by atoms with Crippen molar-refractivity contribution in [3.8, 4) is 11.3 Å². The number of aromatic nitrogens is 2. The van der Waals surface area contributed by atoms with E-state index in [0.29, 0.717) is 0 Å². The van der Waals surface area contributed by atoms with E-state index < -0.39 is 5.78 Å². The van der Waals surface area contributed by atoms with Gasteiger partial charge in [-0.1, -0.05) is 48.9 Å². The van der Waals surface area contributed by atoms with Crippen molar-refractivity contribution in [1.29, 1.82) is 0 Å². The summed E-state index contributed by atoms with van der Waals surface area (Å²) in [5.74, 6) is -0.637. The number of benzene rings is 2. The van der Waals surface area contributed by atoms with Crippen molar-refractivity contribution in [3.63, 3.8) is 0 Å². The molecule has 1 aliphatic rings. The molecule has 2 heterocycles. The van der Waals surface area contributed by atoms with E-state index in [1.54, 1.807) is 0 Å². The minimum absolute atomic E-state index is 0. The maximum absolute atomic E-state index is 10.2. The van der Waals surface area contributed by atoms with E-state index in [1.807, 2.05) is 6.20 Å². The summed E-state index contributed by atoms with van der Waals surface area (Å²) in [4.78, 5) is 19.8. The predicted octanol–water partition coefficient (Wildman–Crippen LogP) is 6.23. The van der Waals surface area contributed by atoms with Crippen LogP contribution in [0.15, 0.2) is 60.5 Å². The van der Waals surface area contributed by atoms with Crippen molar-refractivity contribution >= 4 is 27.3 Å². The molecule has 1 aliphatic carbocycles. The van der Waals surface area contributed by atoms with Crippen LogP contribution in [0.25, 0.3) is 32.8 Å². The molecule has 0 saturated heterocycles. The van der Waals surface area contributed by atoms with Gasteiger partial charge in [0.25, 0.3) is 0 Å². The Morgan fingerprint density at radius 2 is 1.91 bits per heavy atom. The van der Waals surface area contributed by atoms with Crippen molar-refractivity contribution in [2.75, 3.05) is 0 Å². The number of allylic oxidation sites excluding steroid dienone is 2. The standard InChI is InChI=1S/C22H17N2.C5H8O2.Ir/c1-13-12-15-10-11-23-20-17-9-8-14-6-4-5-7-16(14)19(17)22(2,3)21(24-13)18(15)20;1-4(6)3-5(2)7;/h4-8,10-12H,1-3H3;3,6H,1-2H3;/q-1;;/b;4-3-;/i;3D;. The fourth-order valence-corrected chi connectivity index (χ4v) is 4.39. The van der Waals surface area contributed by atoms with Gasteiger partial charge in [0.2, 0.25) is 0 Å². The molecule has 0 saturated carbocycles. The zero-order valence-corrected chi connectivity index (χ0v) is 21.1. The van der Waals surface area contributed by atoms with E-state index >= 15 is 0 Å². The number of carbonyl (C=O) groups is 1. The van der Waals surface area contributed by atoms with E-state index in [1.165, 1.54) is 41.0 Å². The van der Waals surface area contributed by atoms with Crippen LogP contribution in [0.3, 0.4) is 0 Å². The SMILES string of the molecule is Cc1cc2ccnc3c2c(n1)C(C)(C)c1c-3[c-]cc2ccccc12.[2H]/C(C(C)=O)=C(\C)O.[Ir]. The van der Waals surface area contributed by atoms with Gasteiger partial charge in [0.1, 0.15) is 0 Å². The van der Waals surface area contributed by atoms with Crippen molar-refractivity contribution in [2.24, 2.45) is 0 Å². The van der Waals surface area contributed by atoms with Gasteiger partial charge in [-0.15, -0.1) is 23.3 Å². The quantitative estimate of drug-likeness (QED) is 0.159. The topological polar surface area (TPSA) is 63.1 Å². The van der Waals surface area contributed by atoms with E-state index in [0.717, 1.165) is 22.6 Å². The summed E-state index contributed by atoms with van der Waals surface area (Å²) >= 11 is 0. The molecule has 0 unspecified atom stereocenters. The molecule has 0 amide bonds. The minimum atomic E-state index is -0.412. The maximum Gasteiger partial charge on any atom is 0.155 e. The summed E-state index contributed by atoms with van der Waals surface area (Å²) < 4.78 is 6.76. The van der Waals surface area contributed by atoms with Crippen LogP contribution in [0.2, 0.25) is 0 Å². The first-order valence-corrected chi connectivity index (χ1v) is 10.2. The third-order valence-electron chi connectivity index (χ3n) is 5.54. The van der Waals surface area contributed by atoms with Gasteiger partial charge in [-0.25, -0.2) is 0 Å². The fraction of sp³-hybridized carbons (Fsp3) is 0.222. The number of ketones is 1. The predicted molar refractivity (Wildman–Crippen MR) is 125 cm³/mol. The van der Waals surface area contributed by atoms with E-state index in [9.17, 15) is 4.79 Å². The Kier molecular flexibility index (Phi) is 6.23. The summed E-state index contributed by atoms with van der Waals surface area (Å²) in [5.41, 5.74) is 5.39. The Bertz CT molecular complexity index is 1420. The first kappa shape index (κ1) is 22.3. The van der Waals surface area contributed by atoms with Gasteiger partial charge in [0.05, 0.1) is 7.13 Å². The molecule has 2 aromatic carbocycles. The van der Waals surface area contributed by atoms with Gasteiger partial charge in [-0.2, -0.15) is 0 Å². The number of pyridine rings is 2. The molecule has 0 aliphatic heterocycles. The van der Waals surface area contributed by atoms with Crippen molar-refractivity contribution in [1.82, 2.24) is 9.97 Å². The minimum Gasteiger partial charge on any atom is -0.512 e. The Hall–Kier alpha value is -2.88. The maximum atomic E-state index is 10.2. The zero-order valence-electron chi connectivity index (χ0n) is 19.7. The molecule has 5 rings (SSSR count). The molecule has 165 valence electrons. The molecule has 0 bridgehead atoms. The molecule has 32 heavy (non-hydrogen) atoms. The number of hydrogen-bond donors (Lipinski definition) is 1. The first-order chi connectivity index (χ1) is 15.1. The summed E-state index contributed by atoms with van der Waals surface area (Å²) in [5, 5.41) is 13.3. The molecular weight excluding hydrogens is 577 g/mol. The number of aliphatic hydroxyl groups excluding tert-OH is 1.